The van der Waals surface area contributed by atoms with E-state index in [2.05, 4.69) is 0 Å². The minimum Gasteiger partial charge on any atom is -0.509 e. The summed E-state index contributed by atoms with van der Waals surface area (Å²) in [4.78, 5) is 10.8. The van der Waals surface area contributed by atoms with Crippen molar-refractivity contribution in [2.24, 2.45) is 5.73 Å². The molecule has 0 amide bonds. The average molecular weight is 168 g/mol. The van der Waals surface area contributed by atoms with Gasteiger partial charge < -0.3 is 15.9 Å². The number of ketones is 1. The first-order valence-electron chi connectivity index (χ1n) is 3.37. The summed E-state index contributed by atoms with van der Waals surface area (Å²) in [5, 5.41) is 26.0. The molecule has 0 aromatic heterocycles. The number of Topliss-reactive ketones (excluding diaryl/α,β-unsaturated/α-hetero) is 1. The van der Waals surface area contributed by atoms with E-state index in [0.29, 0.717) is 0 Å². The fraction of sp³-hybridized carbons (Fsp3) is 0.429. The molecule has 1 unspecified atom stereocenters. The van der Waals surface area contributed by atoms with Crippen LogP contribution in [-0.4, -0.2) is 28.1 Å². The van der Waals surface area contributed by atoms with Gasteiger partial charge in [-0.2, -0.15) is 5.26 Å². The molecule has 12 heavy (non-hydrogen) atoms. The van der Waals surface area contributed by atoms with E-state index >= 15 is 0 Å². The predicted molar refractivity (Wildman–Crippen MR) is 38.9 cm³/mol. The zero-order chi connectivity index (χ0) is 9.30. The fourth-order valence-corrected chi connectivity index (χ4v) is 1.04. The highest BCUT2D eigenvalue weighted by atomic mass is 16.3. The fourth-order valence-electron chi connectivity index (χ4n) is 1.04. The topological polar surface area (TPSA) is 107 Å². The monoisotopic (exact) mass is 168 g/mol. The highest BCUT2D eigenvalue weighted by Crippen LogP contribution is 2.25. The van der Waals surface area contributed by atoms with Crippen molar-refractivity contribution in [3.05, 3.63) is 11.3 Å². The number of nitrogens with two attached hydrogens (primary N) is 1. The van der Waals surface area contributed by atoms with Crippen molar-refractivity contribution in [1.29, 1.82) is 5.26 Å². The summed E-state index contributed by atoms with van der Waals surface area (Å²) < 4.78 is 0. The third kappa shape index (κ3) is 1.07. The van der Waals surface area contributed by atoms with E-state index in [9.17, 15) is 4.79 Å². The maximum Gasteiger partial charge on any atom is 0.200 e. The minimum atomic E-state index is -1.43. The van der Waals surface area contributed by atoms with Gasteiger partial charge in [-0.3, -0.25) is 4.79 Å². The van der Waals surface area contributed by atoms with Crippen LogP contribution >= 0.6 is 0 Å². The summed E-state index contributed by atoms with van der Waals surface area (Å²) in [5.41, 5.74) is 5.34. The van der Waals surface area contributed by atoms with Crippen molar-refractivity contribution in [2.45, 2.75) is 18.6 Å². The summed E-state index contributed by atoms with van der Waals surface area (Å²) in [5.74, 6) is -0.988. The van der Waals surface area contributed by atoms with Crippen molar-refractivity contribution < 1.29 is 15.0 Å². The van der Waals surface area contributed by atoms with Gasteiger partial charge in [0.1, 0.15) is 5.76 Å². The maximum absolute atomic E-state index is 10.8. The Bertz CT molecular complexity index is 290. The lowest BCUT2D eigenvalue weighted by Gasteiger charge is -2.26. The summed E-state index contributed by atoms with van der Waals surface area (Å²) in [6, 6.07) is 0.982. The third-order valence-electron chi connectivity index (χ3n) is 1.73. The second-order valence-corrected chi connectivity index (χ2v) is 2.53. The van der Waals surface area contributed by atoms with E-state index in [1.54, 1.807) is 6.07 Å². The van der Waals surface area contributed by atoms with Crippen molar-refractivity contribution >= 4 is 5.78 Å². The Morgan fingerprint density at radius 1 is 1.75 bits per heavy atom. The largest absolute Gasteiger partial charge is 0.509 e. The average Bonchev–Trinajstić information content (AvgIpc) is 2.05. The van der Waals surface area contributed by atoms with Crippen LogP contribution in [0.2, 0.25) is 0 Å². The van der Waals surface area contributed by atoms with Gasteiger partial charge in [-0.25, -0.2) is 0 Å². The number of nitrogens with zero attached hydrogens (tertiary/aromatic N) is 1. The van der Waals surface area contributed by atoms with E-state index in [0.717, 1.165) is 0 Å². The second-order valence-electron chi connectivity index (χ2n) is 2.53. The Hall–Kier alpha value is -1.38. The molecule has 64 valence electrons. The highest BCUT2D eigenvalue weighted by molar-refractivity contribution is 6.08. The van der Waals surface area contributed by atoms with Crippen LogP contribution in [0.25, 0.3) is 0 Å². The number of rotatable bonds is 2. The first-order valence-corrected chi connectivity index (χ1v) is 3.37. The molecule has 0 heterocycles. The molecule has 0 aromatic carbocycles. The zero-order valence-electron chi connectivity index (χ0n) is 6.19. The van der Waals surface area contributed by atoms with Crippen LogP contribution in [0.3, 0.4) is 0 Å². The predicted octanol–water partition coefficient (Wildman–Crippen LogP) is -1.02. The lowest BCUT2D eigenvalue weighted by Crippen LogP contribution is -2.44. The molecule has 5 heteroatoms. The van der Waals surface area contributed by atoms with Gasteiger partial charge in [0.15, 0.2) is 11.9 Å². The Labute approximate surface area is 68.7 Å². The van der Waals surface area contributed by atoms with Gasteiger partial charge in [0.2, 0.25) is 0 Å². The van der Waals surface area contributed by atoms with Gasteiger partial charge >= 0.3 is 0 Å². The first kappa shape index (κ1) is 8.71. The van der Waals surface area contributed by atoms with Crippen molar-refractivity contribution in [3.8, 4) is 6.07 Å². The van der Waals surface area contributed by atoms with Crippen LogP contribution in [0.15, 0.2) is 11.3 Å². The van der Waals surface area contributed by atoms with Gasteiger partial charge in [0.25, 0.3) is 0 Å². The Kier molecular flexibility index (Phi) is 2.13. The zero-order valence-corrected chi connectivity index (χ0v) is 6.19. The van der Waals surface area contributed by atoms with E-state index < -0.39 is 23.7 Å². The van der Waals surface area contributed by atoms with Gasteiger partial charge in [0, 0.05) is 6.04 Å². The number of aliphatic hydroxyl groups excluding tert-OH is 2. The lowest BCUT2D eigenvalue weighted by atomic mass is 9.85. The smallest absolute Gasteiger partial charge is 0.200 e. The van der Waals surface area contributed by atoms with Crippen LogP contribution in [0.1, 0.15) is 6.42 Å². The van der Waals surface area contributed by atoms with Crippen molar-refractivity contribution in [3.63, 3.8) is 0 Å². The van der Waals surface area contributed by atoms with Crippen LogP contribution in [0, 0.1) is 11.3 Å². The molecule has 0 aromatic rings. The molecular weight excluding hydrogens is 160 g/mol. The van der Waals surface area contributed by atoms with E-state index in [1.165, 1.54) is 0 Å². The number of nitriles is 1. The SMILES string of the molecule is N#CC[C@H](N)C1=C(O)C(O)C1=O. The molecule has 5 nitrogen and oxygen atoms in total. The summed E-state index contributed by atoms with van der Waals surface area (Å²) in [6.07, 6.45) is -1.47. The van der Waals surface area contributed by atoms with Crippen LogP contribution < -0.4 is 5.73 Å². The molecule has 0 saturated heterocycles. The van der Waals surface area contributed by atoms with Gasteiger partial charge in [0.05, 0.1) is 18.1 Å². The van der Waals surface area contributed by atoms with Crippen molar-refractivity contribution in [2.75, 3.05) is 0 Å². The Balaban J connectivity index is 2.79. The minimum absolute atomic E-state index is 0.0240. The Morgan fingerprint density at radius 2 is 2.33 bits per heavy atom. The lowest BCUT2D eigenvalue weighted by molar-refractivity contribution is -0.127. The quantitative estimate of drug-likeness (QED) is 0.489. The second kappa shape index (κ2) is 2.93. The van der Waals surface area contributed by atoms with E-state index in [4.69, 9.17) is 21.2 Å². The molecule has 0 saturated carbocycles. The molecule has 1 aliphatic carbocycles. The number of hydrogen-bond donors (Lipinski definition) is 3. The molecule has 0 spiro atoms. The van der Waals surface area contributed by atoms with Crippen LogP contribution in [0.4, 0.5) is 0 Å². The summed E-state index contributed by atoms with van der Waals surface area (Å²) in [7, 11) is 0. The third-order valence-corrected chi connectivity index (χ3v) is 1.73. The molecular formula is C7H8N2O3. The first-order chi connectivity index (χ1) is 5.59. The summed E-state index contributed by atoms with van der Waals surface area (Å²) >= 11 is 0. The molecule has 0 bridgehead atoms. The van der Waals surface area contributed by atoms with Crippen molar-refractivity contribution in [1.82, 2.24) is 0 Å². The van der Waals surface area contributed by atoms with Crippen LogP contribution in [-0.2, 0) is 4.79 Å². The number of hydrogen-bond acceptors (Lipinski definition) is 5. The number of carbonyl (C=O) groups is 1. The molecule has 2 atom stereocenters. The van der Waals surface area contributed by atoms with Gasteiger partial charge in [-0.15, -0.1) is 0 Å². The van der Waals surface area contributed by atoms with E-state index in [-0.39, 0.29) is 12.0 Å². The normalized spacial score (nSPS) is 24.8. The molecule has 0 aliphatic heterocycles. The number of aliphatic hydroxyl groups is 2. The molecule has 1 rings (SSSR count). The molecule has 4 N–H and O–H groups in total. The molecule has 1 aliphatic rings. The number of carbonyl (C=O) groups excluding carboxylic acids is 1. The van der Waals surface area contributed by atoms with E-state index in [1.807, 2.05) is 0 Å². The van der Waals surface area contributed by atoms with Gasteiger partial charge in [-0.1, -0.05) is 0 Å². The molecule has 0 fully saturated rings. The van der Waals surface area contributed by atoms with Crippen LogP contribution in [0.5, 0.6) is 0 Å². The summed E-state index contributed by atoms with van der Waals surface area (Å²) in [6.45, 7) is 0. The Morgan fingerprint density at radius 3 is 2.75 bits per heavy atom. The van der Waals surface area contributed by atoms with Gasteiger partial charge in [-0.05, 0) is 0 Å². The molecule has 0 radical (unpaired) electrons. The maximum atomic E-state index is 10.8. The highest BCUT2D eigenvalue weighted by Gasteiger charge is 2.40. The standard InChI is InChI=1S/C7H8N2O3/c8-2-1-3(9)4-5(10)7(12)6(4)11/h3,7,10,12H,1,9H2/t3-,7?/m0/s1.